The summed E-state index contributed by atoms with van der Waals surface area (Å²) in [5.41, 5.74) is 0.424. The van der Waals surface area contributed by atoms with E-state index in [1.165, 1.54) is 18.4 Å². The van der Waals surface area contributed by atoms with Gasteiger partial charge in [0.15, 0.2) is 5.13 Å². The summed E-state index contributed by atoms with van der Waals surface area (Å²) in [6, 6.07) is 0. The molecule has 0 atom stereocenters. The predicted molar refractivity (Wildman–Crippen MR) is 77.6 cm³/mol. The molecule has 0 saturated carbocycles. The number of hydrogen-bond acceptors (Lipinski definition) is 4. The monoisotopic (exact) mass is 337 g/mol. The number of nitrogens with zero attached hydrogens (tertiary/aromatic N) is 2. The van der Waals surface area contributed by atoms with E-state index < -0.39 is 18.5 Å². The molecule has 0 unspecified atom stereocenters. The highest BCUT2D eigenvalue weighted by Gasteiger charge is 2.28. The van der Waals surface area contributed by atoms with Crippen molar-refractivity contribution in [1.82, 2.24) is 9.88 Å². The van der Waals surface area contributed by atoms with Gasteiger partial charge in [-0.05, 0) is 0 Å². The molecule has 0 aliphatic heterocycles. The van der Waals surface area contributed by atoms with Crippen LogP contribution >= 0.6 is 11.3 Å². The molecule has 124 valence electrons. The number of aromatic nitrogens is 1. The van der Waals surface area contributed by atoms with Crippen LogP contribution in [0.3, 0.4) is 0 Å². The number of likely N-dealkylation sites (N-methyl/N-ethyl adjacent to an activating group) is 1. The van der Waals surface area contributed by atoms with E-state index in [0.717, 1.165) is 4.90 Å². The third-order valence-electron chi connectivity index (χ3n) is 2.80. The molecule has 1 aromatic heterocycles. The second-order valence-corrected chi connectivity index (χ2v) is 6.00. The summed E-state index contributed by atoms with van der Waals surface area (Å²) >= 11 is 1.17. The lowest BCUT2D eigenvalue weighted by molar-refractivity contribution is -0.143. The van der Waals surface area contributed by atoms with Gasteiger partial charge >= 0.3 is 6.18 Å². The molecule has 5 nitrogen and oxygen atoms in total. The summed E-state index contributed by atoms with van der Waals surface area (Å²) < 4.78 is 36.3. The van der Waals surface area contributed by atoms with Crippen LogP contribution in [0.25, 0.3) is 0 Å². The van der Waals surface area contributed by atoms with Crippen LogP contribution in [0.15, 0.2) is 5.38 Å². The molecule has 0 spiro atoms. The molecule has 22 heavy (non-hydrogen) atoms. The van der Waals surface area contributed by atoms with Gasteiger partial charge in [0, 0.05) is 24.9 Å². The average molecular weight is 337 g/mol. The molecule has 0 saturated heterocycles. The normalized spacial score (nSPS) is 11.6. The Morgan fingerprint density at radius 2 is 2.05 bits per heavy atom. The van der Waals surface area contributed by atoms with Crippen molar-refractivity contribution in [3.8, 4) is 0 Å². The van der Waals surface area contributed by atoms with E-state index >= 15 is 0 Å². The lowest BCUT2D eigenvalue weighted by atomic mass is 10.2. The molecule has 1 N–H and O–H groups in total. The first-order valence-electron chi connectivity index (χ1n) is 6.64. The van der Waals surface area contributed by atoms with Gasteiger partial charge in [-0.2, -0.15) is 13.2 Å². The number of carbonyl (C=O) groups excluding carboxylic acids is 2. The fourth-order valence-corrected chi connectivity index (χ4v) is 2.12. The number of halogens is 3. The van der Waals surface area contributed by atoms with E-state index in [0.29, 0.717) is 10.8 Å². The van der Waals surface area contributed by atoms with Gasteiger partial charge in [-0.15, -0.1) is 11.3 Å². The van der Waals surface area contributed by atoms with E-state index in [4.69, 9.17) is 0 Å². The first-order valence-corrected chi connectivity index (χ1v) is 7.52. The standard InChI is InChI=1S/C13H18F3N3O2S/c1-8(2)11(21)18-12-17-9(7-22-12)6-10(20)19(3)5-4-13(14,15)16/h7-8H,4-6H2,1-3H3,(H,17,18,21). The summed E-state index contributed by atoms with van der Waals surface area (Å²) in [5, 5.41) is 4.58. The molecule has 0 aromatic carbocycles. The fourth-order valence-electron chi connectivity index (χ4n) is 1.40. The maximum absolute atomic E-state index is 12.1. The Bertz CT molecular complexity index is 529. The minimum Gasteiger partial charge on any atom is -0.345 e. The molecule has 1 rings (SSSR count). The maximum atomic E-state index is 12.1. The lowest BCUT2D eigenvalue weighted by Gasteiger charge is -2.17. The van der Waals surface area contributed by atoms with Gasteiger partial charge in [-0.1, -0.05) is 13.8 Å². The van der Waals surface area contributed by atoms with Crippen LogP contribution in [-0.4, -0.2) is 41.5 Å². The molecule has 0 fully saturated rings. The van der Waals surface area contributed by atoms with Gasteiger partial charge in [0.2, 0.25) is 11.8 Å². The van der Waals surface area contributed by atoms with Crippen molar-refractivity contribution in [1.29, 1.82) is 0 Å². The third-order valence-corrected chi connectivity index (χ3v) is 3.60. The highest BCUT2D eigenvalue weighted by Crippen LogP contribution is 2.20. The minimum absolute atomic E-state index is 0.0948. The Morgan fingerprint density at radius 1 is 1.41 bits per heavy atom. The average Bonchev–Trinajstić information content (AvgIpc) is 2.82. The molecule has 2 amide bonds. The maximum Gasteiger partial charge on any atom is 0.390 e. The van der Waals surface area contributed by atoms with Gasteiger partial charge in [-0.3, -0.25) is 9.59 Å². The zero-order valence-corrected chi connectivity index (χ0v) is 13.3. The summed E-state index contributed by atoms with van der Waals surface area (Å²) in [6.45, 7) is 3.09. The number of thiazole rings is 1. The topological polar surface area (TPSA) is 62.3 Å². The van der Waals surface area contributed by atoms with Gasteiger partial charge in [0.25, 0.3) is 0 Å². The number of rotatable bonds is 6. The summed E-state index contributed by atoms with van der Waals surface area (Å²) in [7, 11) is 1.32. The van der Waals surface area contributed by atoms with Crippen molar-refractivity contribution in [2.75, 3.05) is 18.9 Å². The number of nitrogens with one attached hydrogen (secondary N) is 1. The quantitative estimate of drug-likeness (QED) is 0.868. The molecule has 0 bridgehead atoms. The van der Waals surface area contributed by atoms with Crippen molar-refractivity contribution in [3.05, 3.63) is 11.1 Å². The lowest BCUT2D eigenvalue weighted by Crippen LogP contribution is -2.31. The Labute approximate surface area is 130 Å². The van der Waals surface area contributed by atoms with Crippen LogP contribution in [0.1, 0.15) is 26.0 Å². The first-order chi connectivity index (χ1) is 10.1. The fraction of sp³-hybridized carbons (Fsp3) is 0.615. The van der Waals surface area contributed by atoms with E-state index in [1.54, 1.807) is 19.2 Å². The molecule has 1 aromatic rings. The Hall–Kier alpha value is -1.64. The predicted octanol–water partition coefficient (Wildman–Crippen LogP) is 2.69. The van der Waals surface area contributed by atoms with Crippen LogP contribution in [0.2, 0.25) is 0 Å². The summed E-state index contributed by atoms with van der Waals surface area (Å²) in [5.74, 6) is -0.826. The van der Waals surface area contributed by atoms with E-state index in [1.807, 2.05) is 0 Å². The number of alkyl halides is 3. The number of amides is 2. The van der Waals surface area contributed by atoms with E-state index in [-0.39, 0.29) is 24.8 Å². The highest BCUT2D eigenvalue weighted by atomic mass is 32.1. The van der Waals surface area contributed by atoms with Crippen LogP contribution in [-0.2, 0) is 16.0 Å². The molecule has 1 heterocycles. The molecular formula is C13H18F3N3O2S. The molecule has 0 aliphatic rings. The number of hydrogen-bond donors (Lipinski definition) is 1. The van der Waals surface area contributed by atoms with Gasteiger partial charge < -0.3 is 10.2 Å². The van der Waals surface area contributed by atoms with E-state index in [9.17, 15) is 22.8 Å². The second kappa shape index (κ2) is 7.57. The van der Waals surface area contributed by atoms with Gasteiger partial charge in [0.05, 0.1) is 18.5 Å². The summed E-state index contributed by atoms with van der Waals surface area (Å²) in [6.07, 6.45) is -5.42. The smallest absolute Gasteiger partial charge is 0.345 e. The van der Waals surface area contributed by atoms with Gasteiger partial charge in [-0.25, -0.2) is 4.98 Å². The van der Waals surface area contributed by atoms with Crippen LogP contribution in [0.5, 0.6) is 0 Å². The van der Waals surface area contributed by atoms with Crippen molar-refractivity contribution >= 4 is 28.3 Å². The van der Waals surface area contributed by atoms with Crippen LogP contribution < -0.4 is 5.32 Å². The molecular weight excluding hydrogens is 319 g/mol. The summed E-state index contributed by atoms with van der Waals surface area (Å²) in [4.78, 5) is 28.4. The Kier molecular flexibility index (Phi) is 6.34. The minimum atomic E-state index is -4.29. The molecule has 9 heteroatoms. The first kappa shape index (κ1) is 18.4. The third kappa shape index (κ3) is 6.42. The zero-order valence-electron chi connectivity index (χ0n) is 12.5. The largest absolute Gasteiger partial charge is 0.390 e. The number of carbonyl (C=O) groups is 2. The van der Waals surface area contributed by atoms with Gasteiger partial charge in [0.1, 0.15) is 0 Å². The molecule has 0 radical (unpaired) electrons. The van der Waals surface area contributed by atoms with E-state index in [2.05, 4.69) is 10.3 Å². The molecule has 0 aliphatic carbocycles. The van der Waals surface area contributed by atoms with Crippen molar-refractivity contribution in [2.45, 2.75) is 32.9 Å². The van der Waals surface area contributed by atoms with Crippen LogP contribution in [0.4, 0.5) is 18.3 Å². The number of anilines is 1. The van der Waals surface area contributed by atoms with Crippen molar-refractivity contribution in [3.63, 3.8) is 0 Å². The van der Waals surface area contributed by atoms with Crippen LogP contribution in [0, 0.1) is 5.92 Å². The highest BCUT2D eigenvalue weighted by molar-refractivity contribution is 7.13. The SMILES string of the molecule is CC(C)C(=O)Nc1nc(CC(=O)N(C)CCC(F)(F)F)cs1. The van der Waals surface area contributed by atoms with Crippen molar-refractivity contribution in [2.24, 2.45) is 5.92 Å². The Balaban J connectivity index is 2.51. The Morgan fingerprint density at radius 3 is 2.59 bits per heavy atom. The second-order valence-electron chi connectivity index (χ2n) is 5.15. The van der Waals surface area contributed by atoms with Crippen molar-refractivity contribution < 1.29 is 22.8 Å². The zero-order chi connectivity index (χ0) is 16.9.